The third-order valence-corrected chi connectivity index (χ3v) is 4.41. The van der Waals surface area contributed by atoms with Crippen LogP contribution in [0.15, 0.2) is 23.0 Å². The molecule has 7 heteroatoms. The van der Waals surface area contributed by atoms with Crippen LogP contribution in [0.3, 0.4) is 0 Å². The first-order chi connectivity index (χ1) is 10.1. The van der Waals surface area contributed by atoms with Crippen molar-refractivity contribution in [1.82, 2.24) is 9.55 Å². The van der Waals surface area contributed by atoms with Gasteiger partial charge in [-0.05, 0) is 25.3 Å². The molecule has 0 bridgehead atoms. The molecule has 7 nitrogen and oxygen atoms in total. The molecule has 2 aliphatic heterocycles. The molecule has 0 saturated carbocycles. The van der Waals surface area contributed by atoms with Crippen molar-refractivity contribution in [2.24, 2.45) is 0 Å². The van der Waals surface area contributed by atoms with E-state index in [9.17, 15) is 14.9 Å². The number of non-ortho nitro benzene ring substituents is 1. The van der Waals surface area contributed by atoms with Gasteiger partial charge in [0.15, 0.2) is 0 Å². The largest absolute Gasteiger partial charge is 0.337 e. The topological polar surface area (TPSA) is 81.3 Å². The molecule has 2 aliphatic rings. The molecule has 0 radical (unpaired) electrons. The van der Waals surface area contributed by atoms with Gasteiger partial charge in [-0.2, -0.15) is 0 Å². The minimum absolute atomic E-state index is 0.0347. The van der Waals surface area contributed by atoms with Crippen LogP contribution in [0.2, 0.25) is 0 Å². The van der Waals surface area contributed by atoms with Crippen molar-refractivity contribution in [2.45, 2.75) is 31.8 Å². The number of hydrogen-bond acceptors (Lipinski definition) is 5. The van der Waals surface area contributed by atoms with Gasteiger partial charge in [0.1, 0.15) is 0 Å². The smallest absolute Gasteiger partial charge is 0.271 e. The first-order valence-electron chi connectivity index (χ1n) is 7.11. The predicted molar refractivity (Wildman–Crippen MR) is 77.6 cm³/mol. The van der Waals surface area contributed by atoms with Gasteiger partial charge in [-0.3, -0.25) is 19.5 Å². The highest BCUT2D eigenvalue weighted by atomic mass is 16.6. The van der Waals surface area contributed by atoms with E-state index in [0.717, 1.165) is 19.4 Å². The Balaban J connectivity index is 1.94. The van der Waals surface area contributed by atoms with Crippen LogP contribution < -0.4 is 10.5 Å². The van der Waals surface area contributed by atoms with E-state index in [2.05, 4.69) is 9.88 Å². The van der Waals surface area contributed by atoms with Gasteiger partial charge in [0, 0.05) is 31.3 Å². The average molecular weight is 286 g/mol. The average Bonchev–Trinajstić information content (AvgIpc) is 2.86. The first-order valence-corrected chi connectivity index (χ1v) is 7.11. The number of nitro benzene ring substituents is 1. The maximum absolute atomic E-state index is 12.6. The number of hydrogen-bond donors (Lipinski definition) is 0. The fourth-order valence-corrected chi connectivity index (χ4v) is 3.36. The number of nitrogens with zero attached hydrogens (tertiary/aromatic N) is 4. The Hall–Kier alpha value is -2.44. The van der Waals surface area contributed by atoms with E-state index in [-0.39, 0.29) is 11.2 Å². The van der Waals surface area contributed by atoms with Crippen LogP contribution in [0.5, 0.6) is 0 Å². The number of rotatable bonds is 1. The molecule has 108 valence electrons. The number of benzene rings is 1. The van der Waals surface area contributed by atoms with Crippen molar-refractivity contribution in [3.05, 3.63) is 38.7 Å². The Morgan fingerprint density at radius 3 is 3.00 bits per heavy atom. The lowest BCUT2D eigenvalue weighted by Gasteiger charge is -2.29. The third kappa shape index (κ3) is 1.73. The van der Waals surface area contributed by atoms with Gasteiger partial charge in [-0.15, -0.1) is 0 Å². The highest BCUT2D eigenvalue weighted by molar-refractivity contribution is 5.81. The Kier molecular flexibility index (Phi) is 2.51. The minimum atomic E-state index is -0.463. The number of fused-ring (bicyclic) bond motifs is 4. The summed E-state index contributed by atoms with van der Waals surface area (Å²) >= 11 is 0. The fraction of sp³-hybridized carbons (Fsp3) is 0.429. The Morgan fingerprint density at radius 2 is 2.19 bits per heavy atom. The van der Waals surface area contributed by atoms with Crippen LogP contribution in [-0.2, 0) is 6.54 Å². The molecule has 1 fully saturated rings. The fourth-order valence-electron chi connectivity index (χ4n) is 3.36. The second-order valence-corrected chi connectivity index (χ2v) is 5.63. The monoisotopic (exact) mass is 286 g/mol. The van der Waals surface area contributed by atoms with E-state index in [1.54, 1.807) is 4.57 Å². The van der Waals surface area contributed by atoms with Gasteiger partial charge < -0.3 is 4.90 Å². The maximum Gasteiger partial charge on any atom is 0.271 e. The van der Waals surface area contributed by atoms with Crippen LogP contribution in [0.1, 0.15) is 19.3 Å². The molecule has 1 saturated heterocycles. The van der Waals surface area contributed by atoms with E-state index in [0.29, 0.717) is 29.4 Å². The van der Waals surface area contributed by atoms with Crippen molar-refractivity contribution in [3.8, 4) is 0 Å². The summed E-state index contributed by atoms with van der Waals surface area (Å²) in [4.78, 5) is 29.7. The van der Waals surface area contributed by atoms with Crippen LogP contribution >= 0.6 is 0 Å². The SMILES string of the molecule is O=c1c2ccc([N+](=O)[O-])cc2nc2n1CC1CCCCN21. The zero-order valence-corrected chi connectivity index (χ0v) is 11.4. The Bertz CT molecular complexity index is 814. The molecule has 0 spiro atoms. The van der Waals surface area contributed by atoms with Crippen molar-refractivity contribution >= 4 is 22.5 Å². The molecule has 2 aromatic rings. The second kappa shape index (κ2) is 4.28. The summed E-state index contributed by atoms with van der Waals surface area (Å²) in [5.74, 6) is 0.665. The molecule has 4 rings (SSSR count). The van der Waals surface area contributed by atoms with E-state index in [1.807, 2.05) is 0 Å². The summed E-state index contributed by atoms with van der Waals surface area (Å²) < 4.78 is 1.71. The minimum Gasteiger partial charge on any atom is -0.337 e. The maximum atomic E-state index is 12.6. The summed E-state index contributed by atoms with van der Waals surface area (Å²) in [6, 6.07) is 4.59. The molecule has 1 atom stereocenters. The lowest BCUT2D eigenvalue weighted by molar-refractivity contribution is -0.384. The van der Waals surface area contributed by atoms with Crippen LogP contribution in [0, 0.1) is 10.1 Å². The summed E-state index contributed by atoms with van der Waals surface area (Å²) in [7, 11) is 0. The first kappa shape index (κ1) is 12.3. The van der Waals surface area contributed by atoms with Gasteiger partial charge in [0.05, 0.1) is 15.8 Å². The van der Waals surface area contributed by atoms with Crippen LogP contribution in [0.25, 0.3) is 10.9 Å². The molecular formula is C14H14N4O3. The molecule has 0 N–H and O–H groups in total. The number of nitro groups is 1. The van der Waals surface area contributed by atoms with Gasteiger partial charge in [0.2, 0.25) is 5.95 Å². The molecule has 1 aromatic heterocycles. The summed E-state index contributed by atoms with van der Waals surface area (Å²) in [5.41, 5.74) is 0.276. The summed E-state index contributed by atoms with van der Waals surface area (Å²) in [6.45, 7) is 1.58. The lowest BCUT2D eigenvalue weighted by atomic mass is 10.0. The normalized spacial score (nSPS) is 20.4. The number of aromatic nitrogens is 2. The standard InChI is InChI=1S/C14H14N4O3/c19-13-11-5-4-9(18(20)21)7-12(11)15-14-16-6-2-1-3-10(16)8-17(13)14/h4-5,7,10H,1-3,6,8H2. The van der Waals surface area contributed by atoms with Gasteiger partial charge in [-0.1, -0.05) is 0 Å². The summed E-state index contributed by atoms with van der Waals surface area (Å²) in [6.07, 6.45) is 3.34. The number of piperidine rings is 1. The number of anilines is 1. The second-order valence-electron chi connectivity index (χ2n) is 5.63. The zero-order valence-electron chi connectivity index (χ0n) is 11.4. The summed E-state index contributed by atoms with van der Waals surface area (Å²) in [5, 5.41) is 11.3. The van der Waals surface area contributed by atoms with E-state index in [1.165, 1.54) is 24.6 Å². The Morgan fingerprint density at radius 1 is 1.33 bits per heavy atom. The van der Waals surface area contributed by atoms with Crippen LogP contribution in [-0.4, -0.2) is 27.1 Å². The van der Waals surface area contributed by atoms with Gasteiger partial charge >= 0.3 is 0 Å². The van der Waals surface area contributed by atoms with Crippen molar-refractivity contribution < 1.29 is 4.92 Å². The van der Waals surface area contributed by atoms with Gasteiger partial charge in [0.25, 0.3) is 11.2 Å². The molecule has 3 heterocycles. The molecule has 0 aliphatic carbocycles. The van der Waals surface area contributed by atoms with Crippen molar-refractivity contribution in [2.75, 3.05) is 11.4 Å². The van der Waals surface area contributed by atoms with E-state index >= 15 is 0 Å². The van der Waals surface area contributed by atoms with Gasteiger partial charge in [-0.25, -0.2) is 4.98 Å². The molecule has 21 heavy (non-hydrogen) atoms. The zero-order chi connectivity index (χ0) is 14.6. The lowest BCUT2D eigenvalue weighted by Crippen LogP contribution is -2.36. The molecule has 0 amide bonds. The van der Waals surface area contributed by atoms with Crippen LogP contribution in [0.4, 0.5) is 11.6 Å². The molecule has 1 aromatic carbocycles. The highest BCUT2D eigenvalue weighted by Crippen LogP contribution is 2.31. The van der Waals surface area contributed by atoms with E-state index < -0.39 is 4.92 Å². The highest BCUT2D eigenvalue weighted by Gasteiger charge is 2.33. The third-order valence-electron chi connectivity index (χ3n) is 4.41. The van der Waals surface area contributed by atoms with Crippen molar-refractivity contribution in [1.29, 1.82) is 0 Å². The van der Waals surface area contributed by atoms with Crippen molar-refractivity contribution in [3.63, 3.8) is 0 Å². The van der Waals surface area contributed by atoms with E-state index in [4.69, 9.17) is 0 Å². The quantitative estimate of drug-likeness (QED) is 0.588. The molecule has 1 unspecified atom stereocenters. The predicted octanol–water partition coefficient (Wildman–Crippen LogP) is 1.68. The Labute approximate surface area is 120 Å². The molecular weight excluding hydrogens is 272 g/mol.